The van der Waals surface area contributed by atoms with E-state index in [1.54, 1.807) is 30.3 Å². The molecule has 0 fully saturated rings. The second-order valence-electron chi connectivity index (χ2n) is 5.81. The second kappa shape index (κ2) is 6.64. The van der Waals surface area contributed by atoms with Crippen molar-refractivity contribution in [3.8, 4) is 39.9 Å². The fraction of sp³-hybridized carbons (Fsp3) is 0. The number of rotatable bonds is 3. The summed E-state index contributed by atoms with van der Waals surface area (Å²) in [6.07, 6.45) is 0. The molecule has 0 saturated carbocycles. The van der Waals surface area contributed by atoms with Crippen LogP contribution in [0.25, 0.3) is 34.2 Å². The molecule has 0 aliphatic carbocycles. The predicted molar refractivity (Wildman–Crippen MR) is 102 cm³/mol. The Morgan fingerprint density at radius 1 is 0.577 bits per heavy atom. The Morgan fingerprint density at radius 2 is 1.12 bits per heavy atom. The minimum absolute atomic E-state index is 0.126. The van der Waals surface area contributed by atoms with Crippen molar-refractivity contribution in [1.82, 2.24) is 15.0 Å². The lowest BCUT2D eigenvalue weighted by Gasteiger charge is -2.09. The van der Waals surface area contributed by atoms with E-state index in [2.05, 4.69) is 15.0 Å². The molecule has 26 heavy (non-hydrogen) atoms. The maximum Gasteiger partial charge on any atom is 0.167 e. The molecule has 0 atom stereocenters. The maximum atomic E-state index is 10.2. The molecule has 4 aromatic rings. The number of nitrogens with two attached hydrogens (primary N) is 1. The number of para-hydroxylation sites is 1. The number of nitrogens with zero attached hydrogens (tertiary/aromatic N) is 3. The molecule has 0 amide bonds. The maximum absolute atomic E-state index is 10.2. The van der Waals surface area contributed by atoms with Crippen LogP contribution in [0.3, 0.4) is 0 Å². The first-order valence-electron chi connectivity index (χ1n) is 8.16. The second-order valence-corrected chi connectivity index (χ2v) is 5.81. The molecule has 0 aliphatic rings. The van der Waals surface area contributed by atoms with Crippen molar-refractivity contribution < 1.29 is 5.11 Å². The summed E-state index contributed by atoms with van der Waals surface area (Å²) in [5.74, 6) is 1.62. The van der Waals surface area contributed by atoms with E-state index in [0.29, 0.717) is 28.7 Å². The number of phenolic OH excluding ortho intramolecular Hbond substituents is 1. The van der Waals surface area contributed by atoms with Crippen LogP contribution in [0.5, 0.6) is 5.75 Å². The van der Waals surface area contributed by atoms with Gasteiger partial charge in [-0.3, -0.25) is 0 Å². The lowest BCUT2D eigenvalue weighted by Crippen LogP contribution is -2.00. The van der Waals surface area contributed by atoms with E-state index in [1.165, 1.54) is 0 Å². The molecule has 5 nitrogen and oxygen atoms in total. The average Bonchev–Trinajstić information content (AvgIpc) is 2.69. The van der Waals surface area contributed by atoms with Gasteiger partial charge in [0, 0.05) is 16.8 Å². The van der Waals surface area contributed by atoms with Gasteiger partial charge in [0.1, 0.15) is 5.75 Å². The monoisotopic (exact) mass is 340 g/mol. The largest absolute Gasteiger partial charge is 0.507 e. The van der Waals surface area contributed by atoms with Crippen molar-refractivity contribution in [3.63, 3.8) is 0 Å². The van der Waals surface area contributed by atoms with Gasteiger partial charge in [0.25, 0.3) is 0 Å². The van der Waals surface area contributed by atoms with Crippen LogP contribution < -0.4 is 5.73 Å². The number of aromatic hydroxyl groups is 1. The Morgan fingerprint density at radius 3 is 1.77 bits per heavy atom. The highest BCUT2D eigenvalue weighted by Crippen LogP contribution is 2.29. The van der Waals surface area contributed by atoms with Gasteiger partial charge in [-0.25, -0.2) is 15.0 Å². The quantitative estimate of drug-likeness (QED) is 0.547. The molecule has 5 heteroatoms. The van der Waals surface area contributed by atoms with Crippen molar-refractivity contribution in [3.05, 3.63) is 78.9 Å². The summed E-state index contributed by atoms with van der Waals surface area (Å²) in [7, 11) is 0. The molecule has 0 spiro atoms. The van der Waals surface area contributed by atoms with Crippen LogP contribution in [0.2, 0.25) is 0 Å². The molecule has 0 bridgehead atoms. The van der Waals surface area contributed by atoms with Crippen LogP contribution in [-0.2, 0) is 0 Å². The third-order valence-electron chi connectivity index (χ3n) is 3.98. The number of hydrogen-bond acceptors (Lipinski definition) is 5. The van der Waals surface area contributed by atoms with Gasteiger partial charge in [0.05, 0.1) is 5.56 Å². The highest BCUT2D eigenvalue weighted by atomic mass is 16.3. The summed E-state index contributed by atoms with van der Waals surface area (Å²) in [4.78, 5) is 13.8. The third kappa shape index (κ3) is 3.10. The smallest absolute Gasteiger partial charge is 0.167 e. The molecule has 1 heterocycles. The van der Waals surface area contributed by atoms with Gasteiger partial charge in [0.2, 0.25) is 0 Å². The minimum Gasteiger partial charge on any atom is -0.507 e. The third-order valence-corrected chi connectivity index (χ3v) is 3.98. The lowest BCUT2D eigenvalue weighted by atomic mass is 10.1. The molecule has 4 rings (SSSR count). The normalized spacial score (nSPS) is 10.6. The first kappa shape index (κ1) is 15.8. The van der Waals surface area contributed by atoms with Crippen LogP contribution in [0.4, 0.5) is 5.69 Å². The summed E-state index contributed by atoms with van der Waals surface area (Å²) in [6, 6.07) is 24.0. The van der Waals surface area contributed by atoms with Crippen molar-refractivity contribution in [2.75, 3.05) is 5.73 Å². The highest BCUT2D eigenvalue weighted by molar-refractivity contribution is 5.69. The Labute approximate surface area is 150 Å². The summed E-state index contributed by atoms with van der Waals surface area (Å²) in [6.45, 7) is 0. The van der Waals surface area contributed by atoms with E-state index in [9.17, 15) is 5.11 Å². The highest BCUT2D eigenvalue weighted by Gasteiger charge is 2.14. The number of benzene rings is 3. The fourth-order valence-electron chi connectivity index (χ4n) is 2.64. The fourth-order valence-corrected chi connectivity index (χ4v) is 2.64. The standard InChI is InChI=1S/C21H16N4O/c22-16-12-10-15(11-13-16)20-23-19(14-6-2-1-3-7-14)24-21(25-20)17-8-4-5-9-18(17)26/h1-13,26H,22H2. The van der Waals surface area contributed by atoms with E-state index >= 15 is 0 Å². The lowest BCUT2D eigenvalue weighted by molar-refractivity contribution is 0.477. The van der Waals surface area contributed by atoms with Gasteiger partial charge in [-0.1, -0.05) is 42.5 Å². The predicted octanol–water partition coefficient (Wildman–Crippen LogP) is 4.16. The molecule has 3 aromatic carbocycles. The van der Waals surface area contributed by atoms with E-state index in [0.717, 1.165) is 11.1 Å². The van der Waals surface area contributed by atoms with Crippen LogP contribution in [0, 0.1) is 0 Å². The summed E-state index contributed by atoms with van der Waals surface area (Å²) in [5.41, 5.74) is 8.72. The van der Waals surface area contributed by atoms with Crippen LogP contribution in [-0.4, -0.2) is 20.1 Å². The van der Waals surface area contributed by atoms with E-state index in [-0.39, 0.29) is 5.75 Å². The zero-order chi connectivity index (χ0) is 17.9. The van der Waals surface area contributed by atoms with Crippen molar-refractivity contribution in [1.29, 1.82) is 0 Å². The Hall–Kier alpha value is -3.73. The molecule has 1 aromatic heterocycles. The molecular weight excluding hydrogens is 324 g/mol. The summed E-state index contributed by atoms with van der Waals surface area (Å²) >= 11 is 0. The Kier molecular flexibility index (Phi) is 4.03. The van der Waals surface area contributed by atoms with Gasteiger partial charge in [-0.05, 0) is 36.4 Å². The SMILES string of the molecule is Nc1ccc(-c2nc(-c3ccccc3)nc(-c3ccccc3O)n2)cc1. The van der Waals surface area contributed by atoms with Gasteiger partial charge in [-0.15, -0.1) is 0 Å². The number of anilines is 1. The molecule has 0 radical (unpaired) electrons. The van der Waals surface area contributed by atoms with Crippen molar-refractivity contribution in [2.45, 2.75) is 0 Å². The zero-order valence-corrected chi connectivity index (χ0v) is 13.9. The molecule has 3 N–H and O–H groups in total. The van der Waals surface area contributed by atoms with E-state index < -0.39 is 0 Å². The van der Waals surface area contributed by atoms with Crippen LogP contribution >= 0.6 is 0 Å². The van der Waals surface area contributed by atoms with Crippen molar-refractivity contribution in [2.24, 2.45) is 0 Å². The summed E-state index contributed by atoms with van der Waals surface area (Å²) < 4.78 is 0. The Bertz CT molecular complexity index is 1050. The first-order chi connectivity index (χ1) is 12.7. The zero-order valence-electron chi connectivity index (χ0n) is 13.9. The van der Waals surface area contributed by atoms with Gasteiger partial charge >= 0.3 is 0 Å². The molecular formula is C21H16N4O. The Balaban J connectivity index is 1.93. The number of nitrogen functional groups attached to an aromatic ring is 1. The minimum atomic E-state index is 0.126. The number of aromatic nitrogens is 3. The van der Waals surface area contributed by atoms with Crippen LogP contribution in [0.1, 0.15) is 0 Å². The van der Waals surface area contributed by atoms with Crippen molar-refractivity contribution >= 4 is 5.69 Å². The molecule has 0 unspecified atom stereocenters. The first-order valence-corrected chi connectivity index (χ1v) is 8.16. The van der Waals surface area contributed by atoms with Gasteiger partial charge < -0.3 is 10.8 Å². The molecule has 0 saturated heterocycles. The van der Waals surface area contributed by atoms with E-state index in [1.807, 2.05) is 48.5 Å². The topological polar surface area (TPSA) is 84.9 Å². The van der Waals surface area contributed by atoms with Gasteiger partial charge in [-0.2, -0.15) is 0 Å². The molecule has 126 valence electrons. The average molecular weight is 340 g/mol. The van der Waals surface area contributed by atoms with E-state index in [4.69, 9.17) is 5.73 Å². The van der Waals surface area contributed by atoms with Gasteiger partial charge in [0.15, 0.2) is 17.5 Å². The number of phenols is 1. The molecule has 0 aliphatic heterocycles. The summed E-state index contributed by atoms with van der Waals surface area (Å²) in [5, 5.41) is 10.2. The number of hydrogen-bond donors (Lipinski definition) is 2. The van der Waals surface area contributed by atoms with Crippen LogP contribution in [0.15, 0.2) is 78.9 Å².